The molecule has 0 bridgehead atoms. The zero-order valence-electron chi connectivity index (χ0n) is 14.1. The van der Waals surface area contributed by atoms with Crippen LogP contribution in [-0.4, -0.2) is 15.6 Å². The lowest BCUT2D eigenvalue weighted by molar-refractivity contribution is -0.137. The Bertz CT molecular complexity index is 943. The zero-order valence-corrected chi connectivity index (χ0v) is 15.7. The van der Waals surface area contributed by atoms with Gasteiger partial charge in [-0.3, -0.25) is 0 Å². The van der Waals surface area contributed by atoms with Crippen LogP contribution < -0.4 is 4.90 Å². The van der Waals surface area contributed by atoms with E-state index in [2.05, 4.69) is 20.8 Å². The lowest BCUT2D eigenvalue weighted by Crippen LogP contribution is -2.27. The molecule has 26 heavy (non-hydrogen) atoms. The van der Waals surface area contributed by atoms with Crippen molar-refractivity contribution in [3.05, 3.63) is 58.1 Å². The van der Waals surface area contributed by atoms with E-state index in [1.807, 2.05) is 29.8 Å². The van der Waals surface area contributed by atoms with Gasteiger partial charge < -0.3 is 9.47 Å². The van der Waals surface area contributed by atoms with Crippen LogP contribution in [0, 0.1) is 0 Å². The van der Waals surface area contributed by atoms with E-state index in [4.69, 9.17) is 4.98 Å². The van der Waals surface area contributed by atoms with Gasteiger partial charge in [0.2, 0.25) is 5.95 Å². The Morgan fingerprint density at radius 2 is 1.85 bits per heavy atom. The lowest BCUT2D eigenvalue weighted by atomic mass is 10.1. The summed E-state index contributed by atoms with van der Waals surface area (Å²) < 4.78 is 41.3. The summed E-state index contributed by atoms with van der Waals surface area (Å²) in [5.74, 6) is 0.848. The van der Waals surface area contributed by atoms with Gasteiger partial charge in [0.1, 0.15) is 0 Å². The van der Waals surface area contributed by atoms with E-state index in [0.29, 0.717) is 12.6 Å². The third-order valence-electron chi connectivity index (χ3n) is 4.70. The molecule has 0 spiro atoms. The number of fused-ring (bicyclic) bond motifs is 1. The predicted molar refractivity (Wildman–Crippen MR) is 99.1 cm³/mol. The summed E-state index contributed by atoms with van der Waals surface area (Å²) >= 11 is 3.47. The summed E-state index contributed by atoms with van der Waals surface area (Å²) in [5.41, 5.74) is 2.15. The lowest BCUT2D eigenvalue weighted by Gasteiger charge is -2.24. The van der Waals surface area contributed by atoms with Crippen LogP contribution in [0.1, 0.15) is 24.0 Å². The van der Waals surface area contributed by atoms with Crippen LogP contribution in [0.4, 0.5) is 19.1 Å². The van der Waals surface area contributed by atoms with Crippen molar-refractivity contribution in [3.8, 4) is 0 Å². The third-order valence-corrected chi connectivity index (χ3v) is 5.19. The molecular formula is C19H17BrF3N3. The van der Waals surface area contributed by atoms with Gasteiger partial charge in [-0.1, -0.05) is 28.1 Å². The molecule has 3 nitrogen and oxygen atoms in total. The molecule has 0 amide bonds. The van der Waals surface area contributed by atoms with Gasteiger partial charge in [0.05, 0.1) is 16.6 Å². The Morgan fingerprint density at radius 3 is 2.46 bits per heavy atom. The number of rotatable bonds is 4. The number of hydrogen-bond donors (Lipinski definition) is 0. The number of imidazole rings is 1. The number of halogens is 4. The molecule has 4 rings (SSSR count). The Hall–Kier alpha value is -2.02. The molecule has 1 heterocycles. The molecule has 0 atom stereocenters. The fourth-order valence-electron chi connectivity index (χ4n) is 3.16. The smallest absolute Gasteiger partial charge is 0.335 e. The summed E-state index contributed by atoms with van der Waals surface area (Å²) in [4.78, 5) is 6.96. The van der Waals surface area contributed by atoms with Gasteiger partial charge in [-0.2, -0.15) is 13.2 Å². The number of aryl methyl sites for hydroxylation is 1. The zero-order chi connectivity index (χ0) is 18.5. The van der Waals surface area contributed by atoms with Gasteiger partial charge in [0.25, 0.3) is 0 Å². The van der Waals surface area contributed by atoms with Crippen molar-refractivity contribution in [1.82, 2.24) is 9.55 Å². The SMILES string of the molecule is Cn1c(N(Cc2ccc(C(F)(F)F)cc2)C2CC2)nc2cc(Br)ccc21. The molecule has 3 aromatic rings. The summed E-state index contributed by atoms with van der Waals surface area (Å²) in [6, 6.07) is 11.7. The second-order valence-electron chi connectivity index (χ2n) is 6.66. The molecule has 0 saturated heterocycles. The predicted octanol–water partition coefficient (Wildman–Crippen LogP) is 5.52. The quantitative estimate of drug-likeness (QED) is 0.550. The number of nitrogens with zero attached hydrogens (tertiary/aromatic N) is 3. The van der Waals surface area contributed by atoms with Gasteiger partial charge in [0, 0.05) is 24.1 Å². The van der Waals surface area contributed by atoms with Crippen LogP contribution in [0.2, 0.25) is 0 Å². The molecule has 1 aliphatic carbocycles. The van der Waals surface area contributed by atoms with Crippen molar-refractivity contribution in [1.29, 1.82) is 0 Å². The highest BCUT2D eigenvalue weighted by molar-refractivity contribution is 9.10. The maximum atomic E-state index is 12.8. The van der Waals surface area contributed by atoms with Crippen molar-refractivity contribution in [2.24, 2.45) is 7.05 Å². The monoisotopic (exact) mass is 423 g/mol. The second-order valence-corrected chi connectivity index (χ2v) is 7.57. The molecule has 0 N–H and O–H groups in total. The number of alkyl halides is 3. The molecule has 136 valence electrons. The fraction of sp³-hybridized carbons (Fsp3) is 0.316. The van der Waals surface area contributed by atoms with E-state index in [1.165, 1.54) is 0 Å². The van der Waals surface area contributed by atoms with E-state index < -0.39 is 11.7 Å². The first-order valence-corrected chi connectivity index (χ1v) is 9.17. The standard InChI is InChI=1S/C19H17BrF3N3/c1-25-17-9-6-14(20)10-16(17)24-18(25)26(15-7-8-15)11-12-2-4-13(5-3-12)19(21,22)23/h2-6,9-10,15H,7-8,11H2,1H3. The van der Waals surface area contributed by atoms with Crippen LogP contribution >= 0.6 is 15.9 Å². The van der Waals surface area contributed by atoms with Crippen LogP contribution in [0.25, 0.3) is 11.0 Å². The molecule has 0 unspecified atom stereocenters. The van der Waals surface area contributed by atoms with Crippen molar-refractivity contribution in [3.63, 3.8) is 0 Å². The number of anilines is 1. The van der Waals surface area contributed by atoms with Crippen molar-refractivity contribution < 1.29 is 13.2 Å². The van der Waals surface area contributed by atoms with Crippen molar-refractivity contribution in [2.75, 3.05) is 4.90 Å². The largest absolute Gasteiger partial charge is 0.416 e. The highest BCUT2D eigenvalue weighted by atomic mass is 79.9. The fourth-order valence-corrected chi connectivity index (χ4v) is 3.51. The Balaban J connectivity index is 1.66. The van der Waals surface area contributed by atoms with Gasteiger partial charge in [-0.05, 0) is 48.7 Å². The molecule has 1 aliphatic rings. The van der Waals surface area contributed by atoms with Crippen molar-refractivity contribution >= 4 is 32.9 Å². The Labute approximate surface area is 157 Å². The number of hydrogen-bond acceptors (Lipinski definition) is 2. The molecule has 1 fully saturated rings. The summed E-state index contributed by atoms with van der Waals surface area (Å²) in [7, 11) is 1.97. The van der Waals surface area contributed by atoms with E-state index >= 15 is 0 Å². The molecular weight excluding hydrogens is 407 g/mol. The van der Waals surface area contributed by atoms with Gasteiger partial charge in [-0.25, -0.2) is 4.98 Å². The topological polar surface area (TPSA) is 21.1 Å². The minimum absolute atomic E-state index is 0.385. The van der Waals surface area contributed by atoms with E-state index in [0.717, 1.165) is 52.0 Å². The summed E-state index contributed by atoms with van der Waals surface area (Å²) in [5, 5.41) is 0. The average Bonchev–Trinajstić information content (AvgIpc) is 3.37. The van der Waals surface area contributed by atoms with Gasteiger partial charge in [0.15, 0.2) is 0 Å². The Morgan fingerprint density at radius 1 is 1.15 bits per heavy atom. The minimum Gasteiger partial charge on any atom is -0.335 e. The van der Waals surface area contributed by atoms with Crippen LogP contribution in [0.3, 0.4) is 0 Å². The second kappa shape index (κ2) is 6.30. The van der Waals surface area contributed by atoms with E-state index in [9.17, 15) is 13.2 Å². The summed E-state index contributed by atoms with van der Waals surface area (Å²) in [6.07, 6.45) is -2.15. The van der Waals surface area contributed by atoms with Crippen molar-refractivity contribution in [2.45, 2.75) is 31.6 Å². The normalized spacial score (nSPS) is 14.8. The highest BCUT2D eigenvalue weighted by Crippen LogP contribution is 2.35. The molecule has 1 aromatic heterocycles. The molecule has 7 heteroatoms. The van der Waals surface area contributed by atoms with Crippen LogP contribution in [0.5, 0.6) is 0 Å². The first-order chi connectivity index (χ1) is 12.3. The van der Waals surface area contributed by atoms with E-state index in [1.54, 1.807) is 12.1 Å². The molecule has 2 aromatic carbocycles. The molecule has 1 saturated carbocycles. The first-order valence-electron chi connectivity index (χ1n) is 8.38. The molecule has 0 radical (unpaired) electrons. The molecule has 0 aliphatic heterocycles. The Kier molecular flexibility index (Phi) is 4.22. The van der Waals surface area contributed by atoms with Crippen LogP contribution in [0.15, 0.2) is 46.9 Å². The van der Waals surface area contributed by atoms with Gasteiger partial charge in [-0.15, -0.1) is 0 Å². The van der Waals surface area contributed by atoms with Crippen LogP contribution in [-0.2, 0) is 19.8 Å². The highest BCUT2D eigenvalue weighted by Gasteiger charge is 2.33. The maximum Gasteiger partial charge on any atom is 0.416 e. The van der Waals surface area contributed by atoms with Gasteiger partial charge >= 0.3 is 6.18 Å². The number of aromatic nitrogens is 2. The first kappa shape index (κ1) is 17.4. The maximum absolute atomic E-state index is 12.8. The minimum atomic E-state index is -4.31. The third kappa shape index (κ3) is 3.32. The average molecular weight is 424 g/mol. The summed E-state index contributed by atoms with van der Waals surface area (Å²) in [6.45, 7) is 0.543. The van der Waals surface area contributed by atoms with E-state index in [-0.39, 0.29) is 0 Å². The number of benzene rings is 2.